The molecule has 116 valence electrons. The topological polar surface area (TPSA) is 66.4 Å². The molecule has 0 radical (unpaired) electrons. The molecule has 2 aromatic rings. The Bertz CT molecular complexity index is 646. The average molecular weight is 338 g/mol. The van der Waals surface area contributed by atoms with Crippen LogP contribution in [0.5, 0.6) is 0 Å². The monoisotopic (exact) mass is 337 g/mol. The van der Waals surface area contributed by atoms with Crippen LogP contribution in [0.3, 0.4) is 0 Å². The van der Waals surface area contributed by atoms with Crippen molar-refractivity contribution in [3.05, 3.63) is 70.7 Å². The molecule has 0 saturated heterocycles. The first-order chi connectivity index (χ1) is 10.6. The minimum Gasteiger partial charge on any atom is -0.289 e. The van der Waals surface area contributed by atoms with Gasteiger partial charge in [-0.2, -0.15) is 0 Å². The van der Waals surface area contributed by atoms with Crippen molar-refractivity contribution >= 4 is 28.3 Å². The maximum absolute atomic E-state index is 12.5. The first-order valence-corrected chi connectivity index (χ1v) is 8.45. The highest BCUT2D eigenvalue weighted by atomic mass is 35.5. The molecule has 0 spiro atoms. The van der Waals surface area contributed by atoms with Crippen LogP contribution in [0, 0.1) is 0 Å². The van der Waals surface area contributed by atoms with Gasteiger partial charge in [0, 0.05) is 15.8 Å². The maximum atomic E-state index is 12.5. The van der Waals surface area contributed by atoms with Crippen LogP contribution < -0.4 is 5.48 Å². The number of rotatable bonds is 6. The molecule has 0 saturated carbocycles. The van der Waals surface area contributed by atoms with Gasteiger partial charge in [0.25, 0.3) is 5.91 Å². The molecule has 2 rings (SSSR count). The minimum atomic E-state index is -1.46. The van der Waals surface area contributed by atoms with Crippen LogP contribution in [0.4, 0.5) is 0 Å². The molecular weight excluding hydrogens is 322 g/mol. The molecule has 22 heavy (non-hydrogen) atoms. The van der Waals surface area contributed by atoms with Crippen molar-refractivity contribution < 1.29 is 14.2 Å². The zero-order valence-corrected chi connectivity index (χ0v) is 13.3. The van der Waals surface area contributed by atoms with E-state index in [-0.39, 0.29) is 11.0 Å². The first-order valence-electron chi connectivity index (χ1n) is 6.69. The van der Waals surface area contributed by atoms with E-state index in [1.165, 1.54) is 5.48 Å². The Kier molecular flexibility index (Phi) is 6.12. The summed E-state index contributed by atoms with van der Waals surface area (Å²) in [5.41, 5.74) is 3.39. The lowest BCUT2D eigenvalue weighted by Crippen LogP contribution is -2.27. The van der Waals surface area contributed by atoms with Gasteiger partial charge in [-0.3, -0.25) is 14.2 Å². The van der Waals surface area contributed by atoms with Crippen LogP contribution in [0.2, 0.25) is 5.02 Å². The van der Waals surface area contributed by atoms with Gasteiger partial charge >= 0.3 is 0 Å². The smallest absolute Gasteiger partial charge is 0.255 e. The van der Waals surface area contributed by atoms with Crippen molar-refractivity contribution in [2.75, 3.05) is 5.75 Å². The summed E-state index contributed by atoms with van der Waals surface area (Å²) in [7, 11) is -1.46. The number of nitrogens with one attached hydrogen (secondary N) is 1. The van der Waals surface area contributed by atoms with Crippen LogP contribution >= 0.6 is 11.6 Å². The molecule has 1 amide bonds. The predicted molar refractivity (Wildman–Crippen MR) is 87.3 cm³/mol. The van der Waals surface area contributed by atoms with Crippen LogP contribution in [0.1, 0.15) is 16.4 Å². The molecule has 0 bridgehead atoms. The summed E-state index contributed by atoms with van der Waals surface area (Å²) in [6.45, 7) is 0. The Balaban J connectivity index is 2.25. The number of carbonyl (C=O) groups excluding carboxylic acids is 1. The van der Waals surface area contributed by atoms with Crippen molar-refractivity contribution in [3.8, 4) is 0 Å². The molecule has 0 aliphatic heterocycles. The number of amides is 1. The van der Waals surface area contributed by atoms with Crippen LogP contribution in [-0.2, 0) is 22.0 Å². The summed E-state index contributed by atoms with van der Waals surface area (Å²) in [4.78, 5) is 11.3. The molecule has 0 fully saturated rings. The molecule has 2 unspecified atom stereocenters. The molecule has 4 nitrogen and oxygen atoms in total. The fourth-order valence-corrected chi connectivity index (χ4v) is 3.62. The van der Waals surface area contributed by atoms with E-state index in [4.69, 9.17) is 16.8 Å². The molecule has 0 aliphatic carbocycles. The van der Waals surface area contributed by atoms with E-state index in [0.717, 1.165) is 11.1 Å². The van der Waals surface area contributed by atoms with E-state index in [9.17, 15) is 9.00 Å². The number of hydroxylamine groups is 1. The van der Waals surface area contributed by atoms with E-state index in [1.807, 2.05) is 42.5 Å². The third-order valence-electron chi connectivity index (χ3n) is 3.22. The normalized spacial score (nSPS) is 13.4. The Morgan fingerprint density at radius 2 is 1.77 bits per heavy atom. The van der Waals surface area contributed by atoms with Crippen molar-refractivity contribution in [1.82, 2.24) is 5.48 Å². The van der Waals surface area contributed by atoms with Gasteiger partial charge in [0.1, 0.15) is 5.75 Å². The van der Waals surface area contributed by atoms with Crippen molar-refractivity contribution in [2.45, 2.75) is 11.7 Å². The Morgan fingerprint density at radius 1 is 1.14 bits per heavy atom. The van der Waals surface area contributed by atoms with Gasteiger partial charge in [-0.05, 0) is 29.7 Å². The predicted octanol–water partition coefficient (Wildman–Crippen LogP) is 2.88. The van der Waals surface area contributed by atoms with Crippen molar-refractivity contribution in [1.29, 1.82) is 0 Å². The van der Waals surface area contributed by atoms with Gasteiger partial charge in [-0.15, -0.1) is 0 Å². The zero-order chi connectivity index (χ0) is 15.9. The lowest BCUT2D eigenvalue weighted by molar-refractivity contribution is -0.126. The summed E-state index contributed by atoms with van der Waals surface area (Å²) >= 11 is 5.89. The fraction of sp³-hybridized carbons (Fsp3) is 0.188. The van der Waals surface area contributed by atoms with Gasteiger partial charge < -0.3 is 0 Å². The zero-order valence-electron chi connectivity index (χ0n) is 11.7. The lowest BCUT2D eigenvalue weighted by atomic mass is 10.0. The number of carbonyl (C=O) groups is 1. The minimum absolute atomic E-state index is 0.253. The Hall–Kier alpha value is -1.69. The highest BCUT2D eigenvalue weighted by molar-refractivity contribution is 7.86. The fourth-order valence-electron chi connectivity index (χ4n) is 2.13. The molecular formula is C16H16ClNO3S. The van der Waals surface area contributed by atoms with Gasteiger partial charge in [0.15, 0.2) is 0 Å². The van der Waals surface area contributed by atoms with Crippen LogP contribution in [0.15, 0.2) is 54.6 Å². The van der Waals surface area contributed by atoms with Crippen molar-refractivity contribution in [2.24, 2.45) is 0 Å². The summed E-state index contributed by atoms with van der Waals surface area (Å²) < 4.78 is 12.5. The molecule has 2 N–H and O–H groups in total. The summed E-state index contributed by atoms with van der Waals surface area (Å²) in [6.07, 6.45) is 0.536. The van der Waals surface area contributed by atoms with E-state index >= 15 is 0 Å². The van der Waals surface area contributed by atoms with E-state index < -0.39 is 16.7 Å². The van der Waals surface area contributed by atoms with E-state index in [0.29, 0.717) is 11.4 Å². The largest absolute Gasteiger partial charge is 0.289 e. The van der Waals surface area contributed by atoms with E-state index in [2.05, 4.69) is 0 Å². The molecule has 2 aromatic carbocycles. The highest BCUT2D eigenvalue weighted by Crippen LogP contribution is 2.26. The lowest BCUT2D eigenvalue weighted by Gasteiger charge is -2.17. The second-order valence-corrected chi connectivity index (χ2v) is 6.85. The number of benzene rings is 2. The van der Waals surface area contributed by atoms with Gasteiger partial charge in [-0.1, -0.05) is 54.1 Å². The van der Waals surface area contributed by atoms with Crippen LogP contribution in [0.25, 0.3) is 0 Å². The Morgan fingerprint density at radius 3 is 2.36 bits per heavy atom. The van der Waals surface area contributed by atoms with Crippen LogP contribution in [-0.4, -0.2) is 21.1 Å². The standard InChI is InChI=1S/C16H16ClNO3S/c17-14-8-6-13(7-9-14)15(22(21)11-16(19)18-20)10-12-4-2-1-3-5-12/h1-9,15,20H,10-11H2,(H,18,19). The maximum Gasteiger partial charge on any atom is 0.255 e. The molecule has 0 heterocycles. The summed E-state index contributed by atoms with van der Waals surface area (Å²) in [6, 6.07) is 16.7. The molecule has 0 aromatic heterocycles. The Labute approximate surface area is 136 Å². The SMILES string of the molecule is O=C(CS(=O)C(Cc1ccccc1)c1ccc(Cl)cc1)NO. The number of hydrogen-bond donors (Lipinski definition) is 2. The summed E-state index contributed by atoms with van der Waals surface area (Å²) in [5, 5.41) is 8.86. The van der Waals surface area contributed by atoms with E-state index in [1.54, 1.807) is 12.1 Å². The molecule has 2 atom stereocenters. The molecule has 6 heteroatoms. The first kappa shape index (κ1) is 16.7. The van der Waals surface area contributed by atoms with Gasteiger partial charge in [-0.25, -0.2) is 5.48 Å². The number of hydrogen-bond acceptors (Lipinski definition) is 3. The van der Waals surface area contributed by atoms with Gasteiger partial charge in [0.2, 0.25) is 0 Å². The molecule has 0 aliphatic rings. The third kappa shape index (κ3) is 4.66. The summed E-state index contributed by atoms with van der Waals surface area (Å²) in [5.74, 6) is -0.915. The second-order valence-electron chi connectivity index (χ2n) is 4.79. The average Bonchev–Trinajstić information content (AvgIpc) is 2.54. The second kappa shape index (κ2) is 8.08. The number of halogens is 1. The quantitative estimate of drug-likeness (QED) is 0.629. The highest BCUT2D eigenvalue weighted by Gasteiger charge is 2.22. The van der Waals surface area contributed by atoms with Crippen molar-refractivity contribution in [3.63, 3.8) is 0 Å². The third-order valence-corrected chi connectivity index (χ3v) is 5.09. The van der Waals surface area contributed by atoms with Gasteiger partial charge in [0.05, 0.1) is 5.25 Å².